The van der Waals surface area contributed by atoms with Crippen molar-refractivity contribution in [2.75, 3.05) is 52.9 Å². The molecule has 42 heavy (non-hydrogen) atoms. The van der Waals surface area contributed by atoms with E-state index in [1.807, 2.05) is 0 Å². The highest BCUT2D eigenvalue weighted by molar-refractivity contribution is 5.86. The van der Waals surface area contributed by atoms with Crippen LogP contribution >= 0.6 is 0 Å². The van der Waals surface area contributed by atoms with Gasteiger partial charge in [0.25, 0.3) is 0 Å². The van der Waals surface area contributed by atoms with Gasteiger partial charge in [-0.1, -0.05) is 0 Å². The van der Waals surface area contributed by atoms with Crippen LogP contribution in [0.4, 0.5) is 0 Å². The van der Waals surface area contributed by atoms with Gasteiger partial charge < -0.3 is 59.1 Å². The minimum absolute atomic E-state index is 0.691. The van der Waals surface area contributed by atoms with Gasteiger partial charge in [-0.05, 0) is 32.9 Å². The van der Waals surface area contributed by atoms with Crippen molar-refractivity contribution < 1.29 is 83.0 Å². The first-order chi connectivity index (χ1) is 19.4. The number of esters is 5. The molecule has 0 spiro atoms. The number of aliphatic hydroxyl groups excluding tert-OH is 6. The number of hydrogen-bond acceptors (Lipinski definition) is 17. The lowest BCUT2D eigenvalue weighted by Gasteiger charge is -2.35. The molecule has 17 nitrogen and oxygen atoms in total. The van der Waals surface area contributed by atoms with E-state index in [0.29, 0.717) is 0 Å². The lowest BCUT2D eigenvalue weighted by molar-refractivity contribution is -0.171. The molecule has 0 rings (SSSR count). The van der Waals surface area contributed by atoms with Crippen molar-refractivity contribution in [2.45, 2.75) is 0 Å². The summed E-state index contributed by atoms with van der Waals surface area (Å²) in [5, 5.41) is 56.3. The molecule has 0 aliphatic rings. The molecule has 0 aliphatic carbocycles. The Bertz CT molecular complexity index is 998. The second kappa shape index (κ2) is 16.9. The molecule has 0 aromatic rings. The van der Waals surface area contributed by atoms with E-state index in [9.17, 15) is 54.6 Å². The Morgan fingerprint density at radius 1 is 0.429 bits per heavy atom. The van der Waals surface area contributed by atoms with Gasteiger partial charge in [0.05, 0.1) is 30.7 Å². The molecule has 0 aromatic carbocycles. The molecule has 0 atom stereocenters. The van der Waals surface area contributed by atoms with E-state index in [2.05, 4.69) is 32.9 Å². The SMILES string of the molecule is C=C(O)C(=O)OCC(CO)(COCC(COC(=O)C(=C)O)(COC(=O)C(=C)O)COC(=O)C(=C)O)COC(=O)C(=C)O. The molecule has 0 amide bonds. The molecule has 0 saturated carbocycles. The van der Waals surface area contributed by atoms with E-state index >= 15 is 0 Å². The minimum Gasteiger partial charge on any atom is -0.502 e. The lowest BCUT2D eigenvalue weighted by Crippen LogP contribution is -2.47. The highest BCUT2D eigenvalue weighted by Crippen LogP contribution is 2.26. The first-order valence-electron chi connectivity index (χ1n) is 11.3. The monoisotopic (exact) mass is 604 g/mol. The zero-order valence-corrected chi connectivity index (χ0v) is 22.4. The summed E-state index contributed by atoms with van der Waals surface area (Å²) in [5.41, 5.74) is -3.68. The van der Waals surface area contributed by atoms with E-state index in [1.165, 1.54) is 0 Å². The largest absolute Gasteiger partial charge is 0.502 e. The van der Waals surface area contributed by atoms with Crippen LogP contribution in [0.15, 0.2) is 61.7 Å². The van der Waals surface area contributed by atoms with Crippen LogP contribution < -0.4 is 0 Å². The van der Waals surface area contributed by atoms with E-state index in [4.69, 9.17) is 28.4 Å². The van der Waals surface area contributed by atoms with Crippen LogP contribution in [0.25, 0.3) is 0 Å². The van der Waals surface area contributed by atoms with Crippen LogP contribution in [0, 0.1) is 10.8 Å². The van der Waals surface area contributed by atoms with Gasteiger partial charge in [0.15, 0.2) is 28.8 Å². The molecule has 17 heteroatoms. The summed E-state index contributed by atoms with van der Waals surface area (Å²) < 4.78 is 29.9. The van der Waals surface area contributed by atoms with Gasteiger partial charge >= 0.3 is 29.8 Å². The van der Waals surface area contributed by atoms with E-state index in [1.54, 1.807) is 0 Å². The standard InChI is InChI=1S/C25H32O17/c1-14(27)19(32)38-9-24(6-26,10-39-20(33)15(2)28)7-37-8-25(11-40-21(34)16(3)29,12-41-22(35)17(4)30)13-42-23(36)18(5)31/h26-31H,1-13H2. The number of carbonyl (C=O) groups is 5. The lowest BCUT2D eigenvalue weighted by atomic mass is 9.90. The molecule has 0 bridgehead atoms. The van der Waals surface area contributed by atoms with Gasteiger partial charge in [0, 0.05) is 0 Å². The maximum atomic E-state index is 11.8. The van der Waals surface area contributed by atoms with Crippen LogP contribution in [-0.2, 0) is 52.4 Å². The topological polar surface area (TPSA) is 262 Å². The van der Waals surface area contributed by atoms with Crippen molar-refractivity contribution in [1.29, 1.82) is 0 Å². The molecule has 0 radical (unpaired) electrons. The Hall–Kier alpha value is -5.03. The van der Waals surface area contributed by atoms with Gasteiger partial charge in [0.2, 0.25) is 0 Å². The Kier molecular flexibility index (Phi) is 14.9. The maximum Gasteiger partial charge on any atom is 0.372 e. The van der Waals surface area contributed by atoms with Crippen molar-refractivity contribution in [3.63, 3.8) is 0 Å². The van der Waals surface area contributed by atoms with Gasteiger partial charge in [-0.3, -0.25) is 0 Å². The average Bonchev–Trinajstić information content (AvgIpc) is 2.93. The van der Waals surface area contributed by atoms with Crippen LogP contribution in [0.3, 0.4) is 0 Å². The molecule has 0 saturated heterocycles. The number of ether oxygens (including phenoxy) is 6. The van der Waals surface area contributed by atoms with E-state index in [0.717, 1.165) is 0 Å². The van der Waals surface area contributed by atoms with Crippen molar-refractivity contribution in [3.05, 3.63) is 61.7 Å². The second-order valence-electron chi connectivity index (χ2n) is 8.77. The Labute approximate surface area is 238 Å². The fourth-order valence-electron chi connectivity index (χ4n) is 2.51. The van der Waals surface area contributed by atoms with Crippen LogP contribution in [-0.4, -0.2) is 113 Å². The summed E-state index contributed by atoms with van der Waals surface area (Å²) in [5.74, 6) is -11.8. The fourth-order valence-corrected chi connectivity index (χ4v) is 2.51. The minimum atomic E-state index is -1.88. The smallest absolute Gasteiger partial charge is 0.372 e. The van der Waals surface area contributed by atoms with Gasteiger partial charge in [-0.15, -0.1) is 0 Å². The highest BCUT2D eigenvalue weighted by Gasteiger charge is 2.40. The van der Waals surface area contributed by atoms with Gasteiger partial charge in [-0.25, -0.2) is 24.0 Å². The molecule has 0 fully saturated rings. The predicted molar refractivity (Wildman–Crippen MR) is 136 cm³/mol. The molecule has 0 unspecified atom stereocenters. The molecule has 6 N–H and O–H groups in total. The zero-order chi connectivity index (χ0) is 32.7. The molecule has 0 aromatic heterocycles. The third-order valence-corrected chi connectivity index (χ3v) is 4.88. The summed E-state index contributed by atoms with van der Waals surface area (Å²) in [4.78, 5) is 59.0. The summed E-state index contributed by atoms with van der Waals surface area (Å²) in [6.45, 7) is 8.48. The Morgan fingerprint density at radius 2 is 0.643 bits per heavy atom. The van der Waals surface area contributed by atoms with Crippen molar-refractivity contribution in [2.24, 2.45) is 10.8 Å². The first kappa shape index (κ1) is 37.0. The molecular formula is C25H32O17. The van der Waals surface area contributed by atoms with Gasteiger partial charge in [-0.2, -0.15) is 0 Å². The van der Waals surface area contributed by atoms with Crippen LogP contribution in [0.2, 0.25) is 0 Å². The summed E-state index contributed by atoms with van der Waals surface area (Å²) in [6, 6.07) is 0. The summed E-state index contributed by atoms with van der Waals surface area (Å²) in [7, 11) is 0. The van der Waals surface area contributed by atoms with Crippen LogP contribution in [0.1, 0.15) is 0 Å². The third kappa shape index (κ3) is 12.9. The average molecular weight is 605 g/mol. The Balaban J connectivity index is 6.27. The number of hydrogen-bond donors (Lipinski definition) is 6. The zero-order valence-electron chi connectivity index (χ0n) is 22.4. The molecule has 0 aliphatic heterocycles. The second-order valence-corrected chi connectivity index (χ2v) is 8.77. The molecule has 0 heterocycles. The third-order valence-electron chi connectivity index (χ3n) is 4.88. The fraction of sp³-hybridized carbons (Fsp3) is 0.400. The van der Waals surface area contributed by atoms with Crippen LogP contribution in [0.5, 0.6) is 0 Å². The summed E-state index contributed by atoms with van der Waals surface area (Å²) >= 11 is 0. The predicted octanol–water partition coefficient (Wildman–Crippen LogP) is 0.0426. The van der Waals surface area contributed by atoms with Crippen molar-refractivity contribution >= 4 is 29.8 Å². The van der Waals surface area contributed by atoms with Crippen molar-refractivity contribution in [1.82, 2.24) is 0 Å². The highest BCUT2D eigenvalue weighted by atomic mass is 16.6. The van der Waals surface area contributed by atoms with Gasteiger partial charge in [0.1, 0.15) is 33.0 Å². The Morgan fingerprint density at radius 3 is 0.857 bits per heavy atom. The summed E-state index contributed by atoms with van der Waals surface area (Å²) in [6.07, 6.45) is 0. The number of aliphatic hydroxyl groups is 6. The molecule has 234 valence electrons. The first-order valence-corrected chi connectivity index (χ1v) is 11.3. The quantitative estimate of drug-likeness (QED) is 0.0463. The normalized spacial score (nSPS) is 10.9. The van der Waals surface area contributed by atoms with E-state index < -0.39 is 122 Å². The van der Waals surface area contributed by atoms with Crippen molar-refractivity contribution in [3.8, 4) is 0 Å². The number of rotatable bonds is 20. The maximum absolute atomic E-state index is 11.8. The number of carbonyl (C=O) groups excluding carboxylic acids is 5. The molecular weight excluding hydrogens is 572 g/mol. The van der Waals surface area contributed by atoms with E-state index in [-0.39, 0.29) is 0 Å².